The molecule has 1 aliphatic carbocycles. The number of nitrogens with two attached hydrogens (primary N) is 1. The van der Waals surface area contributed by atoms with Gasteiger partial charge in [-0.15, -0.1) is 0 Å². The number of rotatable bonds is 6. The Morgan fingerprint density at radius 2 is 2.00 bits per heavy atom. The van der Waals surface area contributed by atoms with Crippen LogP contribution in [0.15, 0.2) is 18.2 Å². The van der Waals surface area contributed by atoms with Gasteiger partial charge in [0.1, 0.15) is 5.75 Å². The van der Waals surface area contributed by atoms with Crippen LogP contribution in [0.3, 0.4) is 0 Å². The predicted octanol–water partition coefficient (Wildman–Crippen LogP) is 4.53. The lowest BCUT2D eigenvalue weighted by Gasteiger charge is -2.36. The van der Waals surface area contributed by atoms with Gasteiger partial charge in [-0.25, -0.2) is 0 Å². The first-order valence-corrected chi connectivity index (χ1v) is 9.13. The first-order valence-electron chi connectivity index (χ1n) is 7.90. The topological polar surface area (TPSA) is 47.3 Å². The third-order valence-corrected chi connectivity index (χ3v) is 5.65. The molecule has 0 spiro atoms. The number of hydrogen-bond acceptors (Lipinski definition) is 4. The maximum absolute atomic E-state index is 6.24. The molecule has 0 bridgehead atoms. The predicted molar refractivity (Wildman–Crippen MR) is 94.4 cm³/mol. The Balaban J connectivity index is 2.05. The van der Waals surface area contributed by atoms with Crippen LogP contribution in [0.25, 0.3) is 0 Å². The summed E-state index contributed by atoms with van der Waals surface area (Å²) in [6.45, 7) is 5.01. The monoisotopic (exact) mass is 308 g/mol. The molecule has 0 atom stereocenters. The van der Waals surface area contributed by atoms with Crippen molar-refractivity contribution < 1.29 is 4.74 Å². The summed E-state index contributed by atoms with van der Waals surface area (Å²) in [5.41, 5.74) is 7.95. The Morgan fingerprint density at radius 1 is 1.29 bits per heavy atom. The third-order valence-electron chi connectivity index (χ3n) is 4.23. The van der Waals surface area contributed by atoms with Gasteiger partial charge in [-0.05, 0) is 45.1 Å². The molecule has 1 fully saturated rings. The first kappa shape index (κ1) is 16.3. The maximum Gasteiger partial charge on any atom is 0.144 e. The van der Waals surface area contributed by atoms with Crippen LogP contribution in [0, 0.1) is 0 Å². The molecular formula is C17H28N2OS. The summed E-state index contributed by atoms with van der Waals surface area (Å²) in [6.07, 6.45) is 9.02. The largest absolute Gasteiger partial charge is 0.489 e. The average Bonchev–Trinajstić information content (AvgIpc) is 2.49. The minimum atomic E-state index is 0.137. The molecule has 0 saturated heterocycles. The van der Waals surface area contributed by atoms with E-state index in [4.69, 9.17) is 10.5 Å². The molecule has 0 unspecified atom stereocenters. The second kappa shape index (κ2) is 7.30. The van der Waals surface area contributed by atoms with E-state index in [0.29, 0.717) is 4.75 Å². The number of nitrogens with one attached hydrogen (secondary N) is 1. The summed E-state index contributed by atoms with van der Waals surface area (Å²) in [4.78, 5) is 0. The SMILES string of the molecule is CSC1(CNc2cccc(OC(C)C)c2N)CCCCC1. The molecule has 118 valence electrons. The summed E-state index contributed by atoms with van der Waals surface area (Å²) in [6, 6.07) is 5.98. The van der Waals surface area contributed by atoms with Gasteiger partial charge in [0.15, 0.2) is 0 Å². The highest BCUT2D eigenvalue weighted by atomic mass is 32.2. The first-order chi connectivity index (χ1) is 10.1. The molecule has 1 aliphatic rings. The summed E-state index contributed by atoms with van der Waals surface area (Å²) < 4.78 is 6.12. The number of benzene rings is 1. The summed E-state index contributed by atoms with van der Waals surface area (Å²) in [5, 5.41) is 3.56. The third kappa shape index (κ3) is 4.22. The zero-order valence-corrected chi connectivity index (χ0v) is 14.3. The van der Waals surface area contributed by atoms with E-state index in [0.717, 1.165) is 23.7 Å². The molecule has 0 heterocycles. The minimum Gasteiger partial charge on any atom is -0.489 e. The number of thioether (sulfide) groups is 1. The lowest BCUT2D eigenvalue weighted by Crippen LogP contribution is -2.35. The van der Waals surface area contributed by atoms with Crippen molar-refractivity contribution in [3.05, 3.63) is 18.2 Å². The highest BCUT2D eigenvalue weighted by Crippen LogP contribution is 2.39. The smallest absolute Gasteiger partial charge is 0.144 e. The number of anilines is 2. The summed E-state index contributed by atoms with van der Waals surface area (Å²) in [5.74, 6) is 0.775. The Labute approximate surface area is 133 Å². The van der Waals surface area contributed by atoms with Crippen molar-refractivity contribution in [3.63, 3.8) is 0 Å². The summed E-state index contributed by atoms with van der Waals surface area (Å²) in [7, 11) is 0. The van der Waals surface area contributed by atoms with Gasteiger partial charge in [0, 0.05) is 11.3 Å². The van der Waals surface area contributed by atoms with Crippen LogP contribution >= 0.6 is 11.8 Å². The second-order valence-electron chi connectivity index (χ2n) is 6.19. The van der Waals surface area contributed by atoms with Crippen molar-refractivity contribution in [2.24, 2.45) is 0 Å². The zero-order chi connectivity index (χ0) is 15.3. The Bertz CT molecular complexity index is 456. The van der Waals surface area contributed by atoms with Crippen molar-refractivity contribution in [1.29, 1.82) is 0 Å². The highest BCUT2D eigenvalue weighted by Gasteiger charge is 2.31. The number of nitrogen functional groups attached to an aromatic ring is 1. The van der Waals surface area contributed by atoms with E-state index in [1.807, 2.05) is 43.8 Å². The lowest BCUT2D eigenvalue weighted by atomic mass is 9.88. The lowest BCUT2D eigenvalue weighted by molar-refractivity contribution is 0.244. The van der Waals surface area contributed by atoms with Crippen LogP contribution in [-0.4, -0.2) is 23.7 Å². The van der Waals surface area contributed by atoms with Gasteiger partial charge < -0.3 is 15.8 Å². The van der Waals surface area contributed by atoms with Crippen LogP contribution in [0.5, 0.6) is 5.75 Å². The van der Waals surface area contributed by atoms with Crippen LogP contribution in [-0.2, 0) is 0 Å². The fourth-order valence-corrected chi connectivity index (χ4v) is 3.87. The number of hydrogen-bond donors (Lipinski definition) is 2. The molecule has 3 nitrogen and oxygen atoms in total. The molecule has 1 saturated carbocycles. The van der Waals surface area contributed by atoms with Crippen LogP contribution in [0.1, 0.15) is 46.0 Å². The van der Waals surface area contributed by atoms with Gasteiger partial charge in [0.2, 0.25) is 0 Å². The van der Waals surface area contributed by atoms with Gasteiger partial charge in [0.25, 0.3) is 0 Å². The average molecular weight is 308 g/mol. The van der Waals surface area contributed by atoms with Crippen molar-refractivity contribution in [3.8, 4) is 5.75 Å². The van der Waals surface area contributed by atoms with E-state index < -0.39 is 0 Å². The van der Waals surface area contributed by atoms with E-state index >= 15 is 0 Å². The second-order valence-corrected chi connectivity index (χ2v) is 7.46. The fraction of sp³-hybridized carbons (Fsp3) is 0.647. The molecule has 0 aromatic heterocycles. The Morgan fingerprint density at radius 3 is 2.62 bits per heavy atom. The van der Waals surface area contributed by atoms with Gasteiger partial charge in [0.05, 0.1) is 17.5 Å². The van der Waals surface area contributed by atoms with E-state index in [1.165, 1.54) is 32.1 Å². The van der Waals surface area contributed by atoms with Crippen molar-refractivity contribution in [2.45, 2.75) is 56.8 Å². The van der Waals surface area contributed by atoms with E-state index in [2.05, 4.69) is 11.6 Å². The molecule has 1 aromatic rings. The fourth-order valence-electron chi connectivity index (χ4n) is 2.96. The van der Waals surface area contributed by atoms with Gasteiger partial charge in [-0.1, -0.05) is 25.3 Å². The van der Waals surface area contributed by atoms with Crippen molar-refractivity contribution in [2.75, 3.05) is 23.9 Å². The van der Waals surface area contributed by atoms with Crippen LogP contribution in [0.4, 0.5) is 11.4 Å². The normalized spacial score (nSPS) is 17.7. The maximum atomic E-state index is 6.24. The number of para-hydroxylation sites is 1. The van der Waals surface area contributed by atoms with E-state index in [-0.39, 0.29) is 6.10 Å². The van der Waals surface area contributed by atoms with E-state index in [1.54, 1.807) is 0 Å². The Kier molecular flexibility index (Phi) is 5.68. The van der Waals surface area contributed by atoms with E-state index in [9.17, 15) is 0 Å². The standard InChI is InChI=1S/C17H28N2OS/c1-13(2)20-15-9-7-8-14(16(15)18)19-12-17(21-3)10-5-4-6-11-17/h7-9,13,19H,4-6,10-12,18H2,1-3H3. The quantitative estimate of drug-likeness (QED) is 0.758. The minimum absolute atomic E-state index is 0.137. The van der Waals surface area contributed by atoms with Crippen molar-refractivity contribution in [1.82, 2.24) is 0 Å². The molecule has 21 heavy (non-hydrogen) atoms. The van der Waals surface area contributed by atoms with Crippen LogP contribution in [0.2, 0.25) is 0 Å². The van der Waals surface area contributed by atoms with Gasteiger partial charge in [-0.2, -0.15) is 11.8 Å². The molecule has 0 amide bonds. The molecule has 3 N–H and O–H groups in total. The number of ether oxygens (including phenoxy) is 1. The van der Waals surface area contributed by atoms with Gasteiger partial charge in [-0.3, -0.25) is 0 Å². The molecule has 2 rings (SSSR count). The van der Waals surface area contributed by atoms with Crippen molar-refractivity contribution >= 4 is 23.1 Å². The summed E-state index contributed by atoms with van der Waals surface area (Å²) >= 11 is 2.00. The molecule has 1 aromatic carbocycles. The molecular weight excluding hydrogens is 280 g/mol. The highest BCUT2D eigenvalue weighted by molar-refractivity contribution is 8.00. The molecule has 0 radical (unpaired) electrons. The van der Waals surface area contributed by atoms with Crippen LogP contribution < -0.4 is 15.8 Å². The van der Waals surface area contributed by atoms with Gasteiger partial charge >= 0.3 is 0 Å². The molecule has 0 aliphatic heterocycles. The Hall–Kier alpha value is -1.03. The molecule has 4 heteroatoms. The zero-order valence-electron chi connectivity index (χ0n) is 13.4.